The molecular formula is C17H19N3O5. The van der Waals surface area contributed by atoms with E-state index >= 15 is 0 Å². The van der Waals surface area contributed by atoms with Gasteiger partial charge in [0.05, 0.1) is 4.92 Å². The molecule has 0 unspecified atom stereocenters. The Balaban J connectivity index is 2.05. The topological polar surface area (TPSA) is 104 Å². The molecule has 0 fully saturated rings. The minimum Gasteiger partial charge on any atom is -0.453 e. The Bertz CT molecular complexity index is 824. The first-order chi connectivity index (χ1) is 11.7. The molecule has 25 heavy (non-hydrogen) atoms. The number of hydrogen-bond acceptors (Lipinski definition) is 6. The number of aryl methyl sites for hydroxylation is 2. The van der Waals surface area contributed by atoms with Crippen LogP contribution in [0.4, 0.5) is 5.69 Å². The molecule has 0 aliphatic heterocycles. The summed E-state index contributed by atoms with van der Waals surface area (Å²) in [4.78, 5) is 34.8. The van der Waals surface area contributed by atoms with Gasteiger partial charge in [-0.1, -0.05) is 29.8 Å². The van der Waals surface area contributed by atoms with Gasteiger partial charge in [0.15, 0.2) is 6.10 Å². The maximum Gasteiger partial charge on any atom is 0.328 e. The summed E-state index contributed by atoms with van der Waals surface area (Å²) in [5.74, 6) is -0.999. The van der Waals surface area contributed by atoms with Crippen LogP contribution in [0.15, 0.2) is 24.3 Å². The van der Waals surface area contributed by atoms with Crippen LogP contribution in [-0.4, -0.2) is 32.6 Å². The van der Waals surface area contributed by atoms with E-state index in [1.807, 2.05) is 6.92 Å². The zero-order valence-corrected chi connectivity index (χ0v) is 14.5. The van der Waals surface area contributed by atoms with E-state index in [0.717, 1.165) is 5.56 Å². The normalized spacial score (nSPS) is 11.8. The van der Waals surface area contributed by atoms with Gasteiger partial charge in [-0.3, -0.25) is 24.4 Å². The minimum absolute atomic E-state index is 0.128. The number of nitrogens with zero attached hydrogens (tertiary/aromatic N) is 3. The van der Waals surface area contributed by atoms with Gasteiger partial charge in [0.25, 0.3) is 0 Å². The van der Waals surface area contributed by atoms with Crippen LogP contribution in [-0.2, 0) is 16.1 Å². The van der Waals surface area contributed by atoms with Crippen molar-refractivity contribution in [1.82, 2.24) is 9.78 Å². The fraction of sp³-hybridized carbons (Fsp3) is 0.353. The second kappa shape index (κ2) is 7.25. The molecule has 0 radical (unpaired) electrons. The van der Waals surface area contributed by atoms with E-state index in [-0.39, 0.29) is 29.4 Å². The Labute approximate surface area is 144 Å². The lowest BCUT2D eigenvalue weighted by molar-refractivity contribution is -0.386. The van der Waals surface area contributed by atoms with Crippen molar-refractivity contribution in [1.29, 1.82) is 0 Å². The number of ketones is 1. The van der Waals surface area contributed by atoms with Gasteiger partial charge < -0.3 is 4.74 Å². The highest BCUT2D eigenvalue weighted by Gasteiger charge is 2.25. The third kappa shape index (κ3) is 4.09. The maximum absolute atomic E-state index is 12.3. The van der Waals surface area contributed by atoms with Crippen molar-refractivity contribution in [2.24, 2.45) is 0 Å². The predicted molar refractivity (Wildman–Crippen MR) is 89.4 cm³/mol. The van der Waals surface area contributed by atoms with E-state index < -0.39 is 17.0 Å². The lowest BCUT2D eigenvalue weighted by Gasteiger charge is -2.13. The van der Waals surface area contributed by atoms with Gasteiger partial charge in [0, 0.05) is 5.56 Å². The number of ether oxygens (including phenoxy) is 1. The van der Waals surface area contributed by atoms with E-state index in [1.165, 1.54) is 25.5 Å². The van der Waals surface area contributed by atoms with Gasteiger partial charge in [-0.15, -0.1) is 0 Å². The number of hydrogen-bond donors (Lipinski definition) is 0. The Morgan fingerprint density at radius 1 is 1.24 bits per heavy atom. The molecule has 2 rings (SSSR count). The Morgan fingerprint density at radius 2 is 1.84 bits per heavy atom. The third-order valence-corrected chi connectivity index (χ3v) is 3.82. The summed E-state index contributed by atoms with van der Waals surface area (Å²) in [7, 11) is 0. The average Bonchev–Trinajstić information content (AvgIpc) is 2.81. The van der Waals surface area contributed by atoms with Crippen molar-refractivity contribution < 1.29 is 19.2 Å². The van der Waals surface area contributed by atoms with Gasteiger partial charge in [-0.2, -0.15) is 5.10 Å². The summed E-state index contributed by atoms with van der Waals surface area (Å²) in [5, 5.41) is 15.0. The number of carbonyl (C=O) groups excluding carboxylic acids is 2. The molecule has 0 aliphatic carbocycles. The first kappa shape index (κ1) is 18.3. The number of esters is 1. The Kier molecular flexibility index (Phi) is 5.31. The molecule has 0 saturated heterocycles. The first-order valence-electron chi connectivity index (χ1n) is 7.69. The van der Waals surface area contributed by atoms with E-state index in [1.54, 1.807) is 24.3 Å². The molecule has 0 bridgehead atoms. The van der Waals surface area contributed by atoms with E-state index in [4.69, 9.17) is 4.74 Å². The smallest absolute Gasteiger partial charge is 0.328 e. The average molecular weight is 345 g/mol. The van der Waals surface area contributed by atoms with Crippen LogP contribution >= 0.6 is 0 Å². The molecule has 132 valence electrons. The van der Waals surface area contributed by atoms with Crippen molar-refractivity contribution in [3.05, 3.63) is 56.9 Å². The third-order valence-electron chi connectivity index (χ3n) is 3.82. The summed E-state index contributed by atoms with van der Waals surface area (Å²) in [5.41, 5.74) is 1.83. The van der Waals surface area contributed by atoms with Gasteiger partial charge in [0.1, 0.15) is 17.9 Å². The largest absolute Gasteiger partial charge is 0.453 e. The van der Waals surface area contributed by atoms with Gasteiger partial charge in [0.2, 0.25) is 5.78 Å². The van der Waals surface area contributed by atoms with E-state index in [2.05, 4.69) is 5.10 Å². The lowest BCUT2D eigenvalue weighted by Crippen LogP contribution is -2.27. The summed E-state index contributed by atoms with van der Waals surface area (Å²) in [6.45, 7) is 6.10. The van der Waals surface area contributed by atoms with E-state index in [9.17, 15) is 19.7 Å². The van der Waals surface area contributed by atoms with E-state index in [0.29, 0.717) is 5.56 Å². The quantitative estimate of drug-likeness (QED) is 0.345. The number of carbonyl (C=O) groups is 2. The second-order valence-electron chi connectivity index (χ2n) is 5.80. The zero-order valence-electron chi connectivity index (χ0n) is 14.5. The molecule has 0 saturated carbocycles. The zero-order chi connectivity index (χ0) is 18.7. The predicted octanol–water partition coefficient (Wildman–Crippen LogP) is 2.53. The second-order valence-corrected chi connectivity index (χ2v) is 5.80. The molecule has 8 nitrogen and oxygen atoms in total. The lowest BCUT2D eigenvalue weighted by atomic mass is 10.1. The van der Waals surface area contributed by atoms with Crippen LogP contribution < -0.4 is 0 Å². The van der Waals surface area contributed by atoms with Crippen LogP contribution in [0.3, 0.4) is 0 Å². The van der Waals surface area contributed by atoms with Crippen molar-refractivity contribution in [2.45, 2.75) is 40.3 Å². The number of Topliss-reactive ketones (excluding diaryl/α,β-unsaturated/α-hetero) is 1. The van der Waals surface area contributed by atoms with Crippen LogP contribution in [0.25, 0.3) is 0 Å². The van der Waals surface area contributed by atoms with Crippen molar-refractivity contribution in [3.8, 4) is 0 Å². The molecule has 1 aromatic carbocycles. The molecular weight excluding hydrogens is 326 g/mol. The van der Waals surface area contributed by atoms with Crippen LogP contribution in [0, 0.1) is 30.9 Å². The number of nitro groups is 1. The SMILES string of the molecule is Cc1ccc(C(=O)[C@@H](C)OC(=O)Cn2nc(C)c([N+](=O)[O-])c2C)cc1. The molecule has 0 amide bonds. The Hall–Kier alpha value is -3.03. The fourth-order valence-electron chi connectivity index (χ4n) is 2.47. The standard InChI is InChI=1S/C17H19N3O5/c1-10-5-7-14(8-6-10)17(22)13(4)25-15(21)9-19-12(3)16(20(23)24)11(2)18-19/h5-8,13H,9H2,1-4H3/t13-/m1/s1. The van der Waals surface area contributed by atoms with Gasteiger partial charge >= 0.3 is 11.7 Å². The van der Waals surface area contributed by atoms with Crippen LogP contribution in [0.5, 0.6) is 0 Å². The molecule has 0 N–H and O–H groups in total. The highest BCUT2D eigenvalue weighted by molar-refractivity contribution is 6.00. The molecule has 1 aromatic heterocycles. The summed E-state index contributed by atoms with van der Waals surface area (Å²) in [6, 6.07) is 6.95. The molecule has 2 aromatic rings. The minimum atomic E-state index is -0.956. The highest BCUT2D eigenvalue weighted by atomic mass is 16.6. The molecule has 0 aliphatic rings. The maximum atomic E-state index is 12.3. The van der Waals surface area contributed by atoms with Gasteiger partial charge in [-0.25, -0.2) is 0 Å². The van der Waals surface area contributed by atoms with Crippen molar-refractivity contribution in [2.75, 3.05) is 0 Å². The first-order valence-corrected chi connectivity index (χ1v) is 7.69. The van der Waals surface area contributed by atoms with Crippen LogP contribution in [0.1, 0.15) is 34.2 Å². The summed E-state index contributed by atoms with van der Waals surface area (Å²) < 4.78 is 6.35. The summed E-state index contributed by atoms with van der Waals surface area (Å²) >= 11 is 0. The molecule has 1 atom stereocenters. The molecule has 1 heterocycles. The molecule has 0 spiro atoms. The van der Waals surface area contributed by atoms with Crippen molar-refractivity contribution in [3.63, 3.8) is 0 Å². The van der Waals surface area contributed by atoms with Crippen LogP contribution in [0.2, 0.25) is 0 Å². The summed E-state index contributed by atoms with van der Waals surface area (Å²) in [6.07, 6.45) is -0.956. The number of rotatable bonds is 6. The molecule has 8 heteroatoms. The number of aromatic nitrogens is 2. The Morgan fingerprint density at radius 3 is 2.36 bits per heavy atom. The monoisotopic (exact) mass is 345 g/mol. The number of benzene rings is 1. The highest BCUT2D eigenvalue weighted by Crippen LogP contribution is 2.21. The van der Waals surface area contributed by atoms with Gasteiger partial charge in [-0.05, 0) is 27.7 Å². The fourth-order valence-corrected chi connectivity index (χ4v) is 2.47. The van der Waals surface area contributed by atoms with Crippen molar-refractivity contribution >= 4 is 17.4 Å².